The standard InChI is InChI=1S/C28H33N5OS/c1-22-11-13-24(14-12-22)21-26-29-28(35-30-26)33-16-6-10-25(33)27(34)32-19-17-31(18-20-32)15-5-9-23-7-3-2-4-8-23/h2-5,7-9,11-14,25H,6,10,15-21H2,1H3/b9-5+. The van der Waals surface area contributed by atoms with Crippen LogP contribution in [0.15, 0.2) is 60.7 Å². The summed E-state index contributed by atoms with van der Waals surface area (Å²) >= 11 is 1.42. The molecule has 182 valence electrons. The third-order valence-electron chi connectivity index (χ3n) is 6.88. The molecule has 0 bridgehead atoms. The van der Waals surface area contributed by atoms with Crippen LogP contribution in [0.1, 0.15) is 35.4 Å². The average Bonchev–Trinajstić information content (AvgIpc) is 3.56. The molecule has 2 aliphatic rings. The summed E-state index contributed by atoms with van der Waals surface area (Å²) in [6.45, 7) is 7.29. The Bertz CT molecular complexity index is 1140. The molecule has 7 heteroatoms. The lowest BCUT2D eigenvalue weighted by atomic mass is 10.1. The number of anilines is 1. The summed E-state index contributed by atoms with van der Waals surface area (Å²) in [5, 5.41) is 0.882. The van der Waals surface area contributed by atoms with Crippen molar-refractivity contribution in [1.29, 1.82) is 0 Å². The summed E-state index contributed by atoms with van der Waals surface area (Å²) in [5.74, 6) is 1.08. The van der Waals surface area contributed by atoms with Crippen molar-refractivity contribution < 1.29 is 4.79 Å². The van der Waals surface area contributed by atoms with Gasteiger partial charge in [-0.05, 0) is 30.9 Å². The molecule has 2 aliphatic heterocycles. The normalized spacial score (nSPS) is 19.1. The second-order valence-electron chi connectivity index (χ2n) is 9.45. The lowest BCUT2D eigenvalue weighted by Crippen LogP contribution is -2.53. The minimum absolute atomic E-state index is 0.111. The number of amides is 1. The van der Waals surface area contributed by atoms with E-state index in [1.54, 1.807) is 0 Å². The molecule has 1 atom stereocenters. The van der Waals surface area contributed by atoms with E-state index in [1.165, 1.54) is 28.2 Å². The number of rotatable bonds is 7. The maximum atomic E-state index is 13.4. The predicted molar refractivity (Wildman–Crippen MR) is 143 cm³/mol. The molecule has 0 N–H and O–H groups in total. The highest BCUT2D eigenvalue weighted by molar-refractivity contribution is 7.09. The largest absolute Gasteiger partial charge is 0.338 e. The Kier molecular flexibility index (Phi) is 7.54. The fraction of sp³-hybridized carbons (Fsp3) is 0.393. The van der Waals surface area contributed by atoms with Crippen LogP contribution in [0.2, 0.25) is 0 Å². The SMILES string of the molecule is Cc1ccc(Cc2nsc(N3CCCC3C(=O)N3CCN(C/C=C/c4ccccc4)CC3)n2)cc1. The minimum atomic E-state index is -0.111. The Morgan fingerprint density at radius 3 is 2.57 bits per heavy atom. The lowest BCUT2D eigenvalue weighted by molar-refractivity contribution is -0.134. The van der Waals surface area contributed by atoms with Gasteiger partial charge in [0.05, 0.1) is 0 Å². The molecule has 35 heavy (non-hydrogen) atoms. The van der Waals surface area contributed by atoms with E-state index < -0.39 is 0 Å². The number of benzene rings is 2. The van der Waals surface area contributed by atoms with Gasteiger partial charge in [-0.15, -0.1) is 0 Å². The van der Waals surface area contributed by atoms with Gasteiger partial charge in [0, 0.05) is 57.2 Å². The first kappa shape index (κ1) is 23.7. The molecule has 3 aromatic rings. The van der Waals surface area contributed by atoms with E-state index >= 15 is 0 Å². The zero-order valence-corrected chi connectivity index (χ0v) is 21.2. The second kappa shape index (κ2) is 11.1. The first-order valence-electron chi connectivity index (χ1n) is 12.5. The minimum Gasteiger partial charge on any atom is -0.338 e. The smallest absolute Gasteiger partial charge is 0.245 e. The maximum absolute atomic E-state index is 13.4. The molecule has 6 nitrogen and oxygen atoms in total. The molecule has 2 fully saturated rings. The monoisotopic (exact) mass is 487 g/mol. The van der Waals surface area contributed by atoms with Crippen molar-refractivity contribution in [2.24, 2.45) is 0 Å². The van der Waals surface area contributed by atoms with E-state index in [-0.39, 0.29) is 11.9 Å². The number of piperazine rings is 1. The molecule has 1 aromatic heterocycles. The highest BCUT2D eigenvalue weighted by Crippen LogP contribution is 2.29. The van der Waals surface area contributed by atoms with E-state index in [0.717, 1.165) is 69.5 Å². The van der Waals surface area contributed by atoms with Crippen molar-refractivity contribution in [2.75, 3.05) is 44.2 Å². The van der Waals surface area contributed by atoms with Crippen molar-refractivity contribution in [3.05, 3.63) is 83.2 Å². The van der Waals surface area contributed by atoms with Crippen LogP contribution in [0, 0.1) is 6.92 Å². The van der Waals surface area contributed by atoms with Gasteiger partial charge in [0.15, 0.2) is 0 Å². The van der Waals surface area contributed by atoms with Gasteiger partial charge in [-0.1, -0.05) is 72.3 Å². The van der Waals surface area contributed by atoms with Crippen molar-refractivity contribution in [2.45, 2.75) is 32.2 Å². The third kappa shape index (κ3) is 5.97. The van der Waals surface area contributed by atoms with Crippen molar-refractivity contribution in [3.63, 3.8) is 0 Å². The summed E-state index contributed by atoms with van der Waals surface area (Å²) in [6.07, 6.45) is 7.03. The Hall–Kier alpha value is -3.03. The molecule has 2 saturated heterocycles. The van der Waals surface area contributed by atoms with Crippen LogP contribution in [0.4, 0.5) is 5.13 Å². The second-order valence-corrected chi connectivity index (χ2v) is 10.2. The summed E-state index contributed by atoms with van der Waals surface area (Å²) in [7, 11) is 0. The Labute approximate surface area is 212 Å². The molecule has 0 aliphatic carbocycles. The molecule has 3 heterocycles. The first-order chi connectivity index (χ1) is 17.2. The quantitative estimate of drug-likeness (QED) is 0.498. The highest BCUT2D eigenvalue weighted by atomic mass is 32.1. The van der Waals surface area contributed by atoms with Gasteiger partial charge in [0.25, 0.3) is 0 Å². The van der Waals surface area contributed by atoms with Crippen LogP contribution in [-0.2, 0) is 11.2 Å². The van der Waals surface area contributed by atoms with E-state index in [4.69, 9.17) is 4.98 Å². The van der Waals surface area contributed by atoms with Gasteiger partial charge >= 0.3 is 0 Å². The number of aromatic nitrogens is 2. The first-order valence-corrected chi connectivity index (χ1v) is 13.3. The van der Waals surface area contributed by atoms with Crippen LogP contribution in [0.5, 0.6) is 0 Å². The zero-order valence-electron chi connectivity index (χ0n) is 20.3. The Morgan fingerprint density at radius 2 is 1.80 bits per heavy atom. The van der Waals surface area contributed by atoms with Crippen molar-refractivity contribution in [1.82, 2.24) is 19.2 Å². The molecular formula is C28H33N5OS. The van der Waals surface area contributed by atoms with Crippen LogP contribution in [0.3, 0.4) is 0 Å². The molecule has 0 spiro atoms. The average molecular weight is 488 g/mol. The fourth-order valence-electron chi connectivity index (χ4n) is 4.84. The van der Waals surface area contributed by atoms with Gasteiger partial charge in [0.2, 0.25) is 11.0 Å². The molecule has 0 saturated carbocycles. The third-order valence-corrected chi connectivity index (χ3v) is 7.67. The molecule has 5 rings (SSSR count). The topological polar surface area (TPSA) is 52.6 Å². The van der Waals surface area contributed by atoms with E-state index in [2.05, 4.69) is 86.7 Å². The van der Waals surface area contributed by atoms with Crippen molar-refractivity contribution in [3.8, 4) is 0 Å². The summed E-state index contributed by atoms with van der Waals surface area (Å²) in [6, 6.07) is 18.8. The highest BCUT2D eigenvalue weighted by Gasteiger charge is 2.36. The number of carbonyl (C=O) groups is 1. The molecule has 0 radical (unpaired) electrons. The Balaban J connectivity index is 1.14. The van der Waals surface area contributed by atoms with Crippen LogP contribution in [0.25, 0.3) is 6.08 Å². The van der Waals surface area contributed by atoms with Crippen LogP contribution < -0.4 is 4.90 Å². The van der Waals surface area contributed by atoms with E-state index in [1.807, 2.05) is 6.07 Å². The number of hydrogen-bond donors (Lipinski definition) is 0. The number of carbonyl (C=O) groups excluding carboxylic acids is 1. The molecule has 1 unspecified atom stereocenters. The zero-order chi connectivity index (χ0) is 24.0. The maximum Gasteiger partial charge on any atom is 0.245 e. The van der Waals surface area contributed by atoms with Crippen LogP contribution >= 0.6 is 11.5 Å². The number of aryl methyl sites for hydroxylation is 1. The molecular weight excluding hydrogens is 454 g/mol. The van der Waals surface area contributed by atoms with Gasteiger partial charge < -0.3 is 9.80 Å². The molecule has 1 amide bonds. The summed E-state index contributed by atoms with van der Waals surface area (Å²) in [5.41, 5.74) is 3.69. The van der Waals surface area contributed by atoms with E-state index in [0.29, 0.717) is 0 Å². The Morgan fingerprint density at radius 1 is 1.03 bits per heavy atom. The van der Waals surface area contributed by atoms with Crippen LogP contribution in [-0.4, -0.2) is 70.4 Å². The summed E-state index contributed by atoms with van der Waals surface area (Å²) < 4.78 is 4.60. The van der Waals surface area contributed by atoms with Gasteiger partial charge in [-0.3, -0.25) is 9.69 Å². The summed E-state index contributed by atoms with van der Waals surface area (Å²) in [4.78, 5) is 24.9. The number of nitrogens with zero attached hydrogens (tertiary/aromatic N) is 5. The molecule has 2 aromatic carbocycles. The van der Waals surface area contributed by atoms with Gasteiger partial charge in [0.1, 0.15) is 11.9 Å². The predicted octanol–water partition coefficient (Wildman–Crippen LogP) is 4.26. The number of hydrogen-bond acceptors (Lipinski definition) is 6. The van der Waals surface area contributed by atoms with Gasteiger partial charge in [-0.2, -0.15) is 4.37 Å². The van der Waals surface area contributed by atoms with Gasteiger partial charge in [-0.25, -0.2) is 4.98 Å². The lowest BCUT2D eigenvalue weighted by Gasteiger charge is -2.36. The fourth-order valence-corrected chi connectivity index (χ4v) is 5.60. The van der Waals surface area contributed by atoms with E-state index in [9.17, 15) is 4.79 Å². The van der Waals surface area contributed by atoms with Crippen molar-refractivity contribution >= 4 is 28.6 Å².